The summed E-state index contributed by atoms with van der Waals surface area (Å²) in [6.07, 6.45) is 2.24. The number of esters is 1. The second-order valence-electron chi connectivity index (χ2n) is 10.9. The van der Waals surface area contributed by atoms with Crippen molar-refractivity contribution in [2.75, 3.05) is 51.3 Å². The average Bonchev–Trinajstić information content (AvgIpc) is 3.47. The highest BCUT2D eigenvalue weighted by Gasteiger charge is 2.26. The number of aromatic nitrogens is 2. The van der Waals surface area contributed by atoms with Crippen LogP contribution in [-0.2, 0) is 9.47 Å². The predicted molar refractivity (Wildman–Crippen MR) is 152 cm³/mol. The summed E-state index contributed by atoms with van der Waals surface area (Å²) < 4.78 is 16.1. The highest BCUT2D eigenvalue weighted by atomic mass is 16.6. The summed E-state index contributed by atoms with van der Waals surface area (Å²) in [6.45, 7) is 9.91. The number of nitrogens with zero attached hydrogens (tertiary/aromatic N) is 4. The maximum atomic E-state index is 12.6. The molecule has 0 atom stereocenters. The van der Waals surface area contributed by atoms with E-state index in [1.807, 2.05) is 63.2 Å². The molecule has 10 nitrogen and oxygen atoms in total. The molecule has 1 aromatic heterocycles. The molecule has 210 valence electrons. The largest absolute Gasteiger partial charge is 0.465 e. The van der Waals surface area contributed by atoms with E-state index in [0.29, 0.717) is 36.9 Å². The van der Waals surface area contributed by atoms with Crippen molar-refractivity contribution < 1.29 is 23.6 Å². The Labute approximate surface area is 233 Å². The average molecular weight is 546 g/mol. The van der Waals surface area contributed by atoms with E-state index in [4.69, 9.17) is 14.0 Å². The number of amides is 1. The molecule has 1 N–H and O–H groups in total. The molecule has 0 bridgehead atoms. The number of ether oxygens (including phenoxy) is 2. The molecular formula is C30H35N5O5. The number of hydrogen-bond donors (Lipinski definition) is 1. The lowest BCUT2D eigenvalue weighted by Crippen LogP contribution is -2.43. The molecule has 1 amide bonds. The summed E-state index contributed by atoms with van der Waals surface area (Å²) in [6, 6.07) is 14.2. The van der Waals surface area contributed by atoms with Gasteiger partial charge in [-0.25, -0.2) is 9.59 Å². The number of anilines is 1. The van der Waals surface area contributed by atoms with Gasteiger partial charge in [-0.15, -0.1) is 0 Å². The topological polar surface area (TPSA) is 110 Å². The smallest absolute Gasteiger partial charge is 0.410 e. The van der Waals surface area contributed by atoms with Crippen LogP contribution in [0.25, 0.3) is 28.1 Å². The summed E-state index contributed by atoms with van der Waals surface area (Å²) in [7, 11) is 1.38. The van der Waals surface area contributed by atoms with E-state index in [1.165, 1.54) is 7.11 Å². The van der Waals surface area contributed by atoms with Crippen LogP contribution >= 0.6 is 0 Å². The van der Waals surface area contributed by atoms with Crippen LogP contribution in [0.1, 0.15) is 43.1 Å². The van der Waals surface area contributed by atoms with Gasteiger partial charge in [-0.3, -0.25) is 0 Å². The first-order chi connectivity index (χ1) is 19.2. The summed E-state index contributed by atoms with van der Waals surface area (Å²) in [5, 5.41) is 7.49. The lowest BCUT2D eigenvalue weighted by atomic mass is 9.91. The second kappa shape index (κ2) is 11.5. The van der Waals surface area contributed by atoms with Crippen molar-refractivity contribution in [1.29, 1.82) is 0 Å². The maximum absolute atomic E-state index is 12.6. The highest BCUT2D eigenvalue weighted by molar-refractivity contribution is 5.97. The van der Waals surface area contributed by atoms with Crippen LogP contribution in [0.2, 0.25) is 0 Å². The van der Waals surface area contributed by atoms with Crippen molar-refractivity contribution in [3.63, 3.8) is 0 Å². The van der Waals surface area contributed by atoms with Crippen LogP contribution in [0.3, 0.4) is 0 Å². The third-order valence-electron chi connectivity index (χ3n) is 6.91. The summed E-state index contributed by atoms with van der Waals surface area (Å²) in [5.74, 6) is 0.147. The number of rotatable bonds is 5. The Balaban J connectivity index is 1.37. The summed E-state index contributed by atoms with van der Waals surface area (Å²) in [5.41, 5.74) is 4.53. The van der Waals surface area contributed by atoms with E-state index in [1.54, 1.807) is 11.0 Å². The molecular weight excluding hydrogens is 510 g/mol. The van der Waals surface area contributed by atoms with Gasteiger partial charge in [-0.05, 0) is 61.6 Å². The normalized spacial score (nSPS) is 15.9. The SMILES string of the molecule is COC(=O)c1ccc(-c2ccc(-c3noc(N4CCNCC4)n3)cc2)cc1C1=CCN(C(=O)OC(C)(C)C)CC1. The van der Waals surface area contributed by atoms with E-state index >= 15 is 0 Å². The Bertz CT molecular complexity index is 1400. The van der Waals surface area contributed by atoms with Crippen LogP contribution in [0, 0.1) is 0 Å². The predicted octanol–water partition coefficient (Wildman–Crippen LogP) is 4.62. The Morgan fingerprint density at radius 1 is 0.975 bits per heavy atom. The Hall–Kier alpha value is -4.18. The first-order valence-electron chi connectivity index (χ1n) is 13.5. The fourth-order valence-electron chi connectivity index (χ4n) is 4.81. The van der Waals surface area contributed by atoms with Crippen LogP contribution < -0.4 is 10.2 Å². The number of methoxy groups -OCH3 is 1. The summed E-state index contributed by atoms with van der Waals surface area (Å²) in [4.78, 5) is 33.5. The standard InChI is InChI=1S/C30H35N5O5/c1-30(2,3)39-29(37)35-15-11-21(12-16-35)25-19-23(9-10-24(25)27(36)38-4)20-5-7-22(8-6-20)26-32-28(40-33-26)34-17-13-31-14-18-34/h5-11,19,31H,12-18H2,1-4H3. The van der Waals surface area contributed by atoms with Gasteiger partial charge in [0, 0.05) is 44.8 Å². The van der Waals surface area contributed by atoms with Crippen molar-refractivity contribution in [2.24, 2.45) is 0 Å². The van der Waals surface area contributed by atoms with Gasteiger partial charge in [0.25, 0.3) is 0 Å². The van der Waals surface area contributed by atoms with Gasteiger partial charge in [-0.2, -0.15) is 4.98 Å². The van der Waals surface area contributed by atoms with Gasteiger partial charge in [0.05, 0.1) is 12.7 Å². The Morgan fingerprint density at radius 2 is 1.68 bits per heavy atom. The zero-order valence-electron chi connectivity index (χ0n) is 23.4. The van der Waals surface area contributed by atoms with Crippen LogP contribution in [0.15, 0.2) is 53.1 Å². The Morgan fingerprint density at radius 3 is 2.33 bits per heavy atom. The minimum absolute atomic E-state index is 0.341. The molecule has 5 rings (SSSR count). The number of carbonyl (C=O) groups excluding carboxylic acids is 2. The van der Waals surface area contributed by atoms with Gasteiger partial charge in [0.15, 0.2) is 0 Å². The van der Waals surface area contributed by atoms with E-state index in [9.17, 15) is 9.59 Å². The summed E-state index contributed by atoms with van der Waals surface area (Å²) >= 11 is 0. The third kappa shape index (κ3) is 6.17. The van der Waals surface area contributed by atoms with Gasteiger partial charge in [0.2, 0.25) is 5.82 Å². The molecule has 40 heavy (non-hydrogen) atoms. The van der Waals surface area contributed by atoms with E-state index in [-0.39, 0.29) is 6.09 Å². The quantitative estimate of drug-likeness (QED) is 0.459. The number of carbonyl (C=O) groups is 2. The molecule has 2 aliphatic heterocycles. The fourth-order valence-corrected chi connectivity index (χ4v) is 4.81. The zero-order chi connectivity index (χ0) is 28.3. The van der Waals surface area contributed by atoms with Crippen molar-refractivity contribution >= 4 is 23.7 Å². The molecule has 0 spiro atoms. The van der Waals surface area contributed by atoms with Crippen LogP contribution in [-0.4, -0.2) is 79.1 Å². The second-order valence-corrected chi connectivity index (χ2v) is 10.9. The lowest BCUT2D eigenvalue weighted by molar-refractivity contribution is 0.0270. The minimum atomic E-state index is -0.555. The molecule has 2 aliphatic rings. The molecule has 1 fully saturated rings. The molecule has 2 aromatic carbocycles. The molecule has 1 saturated heterocycles. The molecule has 0 saturated carbocycles. The van der Waals surface area contributed by atoms with Gasteiger partial charge in [0.1, 0.15) is 5.60 Å². The Kier molecular flexibility index (Phi) is 7.88. The van der Waals surface area contributed by atoms with Gasteiger partial charge < -0.3 is 29.1 Å². The van der Waals surface area contributed by atoms with E-state index in [0.717, 1.165) is 54.0 Å². The number of nitrogens with one attached hydrogen (secondary N) is 1. The van der Waals surface area contributed by atoms with Crippen LogP contribution in [0.4, 0.5) is 10.8 Å². The molecule has 10 heteroatoms. The van der Waals surface area contributed by atoms with Crippen LogP contribution in [0.5, 0.6) is 0 Å². The number of benzene rings is 2. The molecule has 0 aliphatic carbocycles. The minimum Gasteiger partial charge on any atom is -0.465 e. The van der Waals surface area contributed by atoms with Crippen molar-refractivity contribution in [2.45, 2.75) is 32.8 Å². The highest BCUT2D eigenvalue weighted by Crippen LogP contribution is 2.32. The van der Waals surface area contributed by atoms with E-state index in [2.05, 4.69) is 20.4 Å². The van der Waals surface area contributed by atoms with Gasteiger partial charge in [-0.1, -0.05) is 41.6 Å². The molecule has 0 radical (unpaired) electrons. The van der Waals surface area contributed by atoms with Crippen molar-refractivity contribution in [1.82, 2.24) is 20.4 Å². The first kappa shape index (κ1) is 27.4. The lowest BCUT2D eigenvalue weighted by Gasteiger charge is -2.30. The maximum Gasteiger partial charge on any atom is 0.410 e. The molecule has 3 heterocycles. The fraction of sp³-hybridized carbons (Fsp3) is 0.400. The van der Waals surface area contributed by atoms with Crippen molar-refractivity contribution in [3.8, 4) is 22.5 Å². The molecule has 3 aromatic rings. The monoisotopic (exact) mass is 545 g/mol. The number of hydrogen-bond acceptors (Lipinski definition) is 9. The number of piperazine rings is 1. The van der Waals surface area contributed by atoms with Gasteiger partial charge >= 0.3 is 18.1 Å². The van der Waals surface area contributed by atoms with Crippen molar-refractivity contribution in [3.05, 3.63) is 59.7 Å². The third-order valence-corrected chi connectivity index (χ3v) is 6.91. The first-order valence-corrected chi connectivity index (χ1v) is 13.5. The zero-order valence-corrected chi connectivity index (χ0v) is 23.4. The van der Waals surface area contributed by atoms with E-state index < -0.39 is 11.6 Å². The molecule has 0 unspecified atom stereocenters.